The Kier molecular flexibility index (Phi) is 7.04. The summed E-state index contributed by atoms with van der Waals surface area (Å²) in [5, 5.41) is 2.58. The van der Waals surface area contributed by atoms with E-state index < -0.39 is 23.3 Å². The van der Waals surface area contributed by atoms with Crippen LogP contribution in [0.25, 0.3) is 0 Å². The van der Waals surface area contributed by atoms with Crippen LogP contribution in [-0.2, 0) is 27.4 Å². The number of fused-ring (bicyclic) bond motifs is 1. The van der Waals surface area contributed by atoms with E-state index in [1.54, 1.807) is 44.2 Å². The number of amides is 1. The first-order chi connectivity index (χ1) is 15.3. The highest BCUT2D eigenvalue weighted by Crippen LogP contribution is 2.24. The second-order valence-electron chi connectivity index (χ2n) is 9.98. The maximum absolute atomic E-state index is 12.8. The molecule has 0 atom stereocenters. The molecule has 0 aliphatic carbocycles. The Hall–Kier alpha value is -3.04. The van der Waals surface area contributed by atoms with Crippen LogP contribution in [0.1, 0.15) is 68.7 Å². The molecule has 0 radical (unpaired) electrons. The lowest BCUT2D eigenvalue weighted by Crippen LogP contribution is -2.43. The highest BCUT2D eigenvalue weighted by Gasteiger charge is 2.32. The maximum Gasteiger partial charge on any atom is 0.442 e. The van der Waals surface area contributed by atoms with Gasteiger partial charge in [0.1, 0.15) is 5.60 Å². The van der Waals surface area contributed by atoms with E-state index >= 15 is 0 Å². The zero-order chi connectivity index (χ0) is 24.4. The quantitative estimate of drug-likeness (QED) is 0.626. The Balaban J connectivity index is 1.74. The molecule has 1 aromatic heterocycles. The summed E-state index contributed by atoms with van der Waals surface area (Å²) in [6.45, 7) is 13.6. The van der Waals surface area contributed by atoms with Crippen LogP contribution >= 0.6 is 0 Å². The van der Waals surface area contributed by atoms with Gasteiger partial charge in [0, 0.05) is 24.7 Å². The summed E-state index contributed by atoms with van der Waals surface area (Å²) in [5.41, 5.74) is 1.76. The van der Waals surface area contributed by atoms with Gasteiger partial charge in [0.25, 0.3) is 5.95 Å². The average molecular weight is 457 g/mol. The van der Waals surface area contributed by atoms with Gasteiger partial charge in [-0.25, -0.2) is 19.6 Å². The van der Waals surface area contributed by atoms with Gasteiger partial charge in [-0.15, -0.1) is 10.1 Å². The molecule has 1 aliphatic rings. The molecule has 33 heavy (non-hydrogen) atoms. The number of carbonyl (C=O) groups excluding carboxylic acids is 2. The highest BCUT2D eigenvalue weighted by atomic mass is 16.7. The molecular weight excluding hydrogens is 424 g/mol. The van der Waals surface area contributed by atoms with E-state index in [4.69, 9.17) is 14.4 Å². The summed E-state index contributed by atoms with van der Waals surface area (Å²) < 4.78 is 5.47. The van der Waals surface area contributed by atoms with Crippen molar-refractivity contribution in [3.8, 4) is 0 Å². The lowest BCUT2D eigenvalue weighted by atomic mass is 10.1. The molecule has 0 N–H and O–H groups in total. The number of hydrogen-bond donors (Lipinski definition) is 0. The van der Waals surface area contributed by atoms with Crippen molar-refractivity contribution in [3.05, 3.63) is 52.8 Å². The van der Waals surface area contributed by atoms with Gasteiger partial charge in [-0.2, -0.15) is 0 Å². The predicted octanol–water partition coefficient (Wildman–Crippen LogP) is 4.39. The summed E-state index contributed by atoms with van der Waals surface area (Å²) in [6.07, 6.45) is 1.44. The minimum absolute atomic E-state index is 0.100. The van der Waals surface area contributed by atoms with Crippen molar-refractivity contribution >= 4 is 18.0 Å². The average Bonchev–Trinajstić information content (AvgIpc) is 2.70. The summed E-state index contributed by atoms with van der Waals surface area (Å²) in [5.74, 6) is -0.311. The molecule has 9 nitrogen and oxygen atoms in total. The van der Waals surface area contributed by atoms with Crippen molar-refractivity contribution in [2.75, 3.05) is 11.6 Å². The van der Waals surface area contributed by atoms with E-state index in [2.05, 4.69) is 9.97 Å². The number of aryl methyl sites for hydroxylation is 1. The zero-order valence-corrected chi connectivity index (χ0v) is 20.3. The molecule has 1 aromatic carbocycles. The summed E-state index contributed by atoms with van der Waals surface area (Å²) >= 11 is 0. The number of rotatable bonds is 4. The predicted molar refractivity (Wildman–Crippen MR) is 122 cm³/mol. The van der Waals surface area contributed by atoms with Gasteiger partial charge in [0.2, 0.25) is 0 Å². The number of anilines is 1. The lowest BCUT2D eigenvalue weighted by Gasteiger charge is -2.31. The second-order valence-corrected chi connectivity index (χ2v) is 9.98. The molecule has 0 spiro atoms. The van der Waals surface area contributed by atoms with Crippen LogP contribution < -0.4 is 5.06 Å². The van der Waals surface area contributed by atoms with Crippen molar-refractivity contribution in [2.24, 2.45) is 0 Å². The fourth-order valence-electron chi connectivity index (χ4n) is 3.05. The topological polar surface area (TPSA) is 94.1 Å². The SMILES string of the molecule is Cc1ccc(C(=O)ON2CCc3nc(N(OC(C)(C)C)C(=O)OC(C)(C)C)ncc3C2)cc1. The molecule has 2 aromatic rings. The number of hydroxylamine groups is 3. The first-order valence-electron chi connectivity index (χ1n) is 10.9. The third kappa shape index (κ3) is 6.97. The molecule has 0 saturated heterocycles. The van der Waals surface area contributed by atoms with Gasteiger partial charge in [0.15, 0.2) is 0 Å². The van der Waals surface area contributed by atoms with Crippen LogP contribution in [0.15, 0.2) is 30.5 Å². The van der Waals surface area contributed by atoms with E-state index in [1.807, 2.05) is 39.8 Å². The van der Waals surface area contributed by atoms with Crippen LogP contribution in [-0.4, -0.2) is 44.8 Å². The molecule has 178 valence electrons. The van der Waals surface area contributed by atoms with Gasteiger partial charge in [-0.05, 0) is 60.6 Å². The van der Waals surface area contributed by atoms with E-state index in [0.717, 1.165) is 21.9 Å². The van der Waals surface area contributed by atoms with Gasteiger partial charge in [0.05, 0.1) is 23.4 Å². The smallest absolute Gasteiger partial charge is 0.442 e. The fraction of sp³-hybridized carbons (Fsp3) is 0.500. The minimum atomic E-state index is -0.702. The summed E-state index contributed by atoms with van der Waals surface area (Å²) in [7, 11) is 0. The van der Waals surface area contributed by atoms with Crippen LogP contribution in [0.3, 0.4) is 0 Å². The lowest BCUT2D eigenvalue weighted by molar-refractivity contribution is -0.120. The van der Waals surface area contributed by atoms with E-state index in [0.29, 0.717) is 25.1 Å². The largest absolute Gasteiger partial charge is 0.442 e. The van der Waals surface area contributed by atoms with Crippen molar-refractivity contribution in [2.45, 2.75) is 72.6 Å². The molecule has 0 bridgehead atoms. The van der Waals surface area contributed by atoms with Gasteiger partial charge in [-0.1, -0.05) is 17.7 Å². The molecular formula is C24H32N4O5. The molecule has 2 heterocycles. The Morgan fingerprint density at radius 3 is 2.30 bits per heavy atom. The third-order valence-electron chi connectivity index (χ3n) is 4.49. The van der Waals surface area contributed by atoms with Gasteiger partial charge >= 0.3 is 12.1 Å². The molecule has 3 rings (SSSR count). The van der Waals surface area contributed by atoms with Crippen LogP contribution in [0, 0.1) is 6.92 Å². The van der Waals surface area contributed by atoms with Gasteiger partial charge < -0.3 is 9.57 Å². The molecule has 0 saturated carbocycles. The van der Waals surface area contributed by atoms with E-state index in [1.165, 1.54) is 0 Å². The number of benzene rings is 1. The van der Waals surface area contributed by atoms with Crippen molar-refractivity contribution in [3.63, 3.8) is 0 Å². The highest BCUT2D eigenvalue weighted by molar-refractivity contribution is 5.89. The van der Waals surface area contributed by atoms with Crippen LogP contribution in [0.2, 0.25) is 0 Å². The number of hydrogen-bond acceptors (Lipinski definition) is 8. The summed E-state index contributed by atoms with van der Waals surface area (Å²) in [4.78, 5) is 45.4. The number of ether oxygens (including phenoxy) is 1. The monoisotopic (exact) mass is 456 g/mol. The number of nitrogens with zero attached hydrogens (tertiary/aromatic N) is 4. The Labute approximate surface area is 194 Å². The van der Waals surface area contributed by atoms with Crippen molar-refractivity contribution in [1.82, 2.24) is 15.0 Å². The normalized spacial score (nSPS) is 14.4. The Morgan fingerprint density at radius 1 is 1.03 bits per heavy atom. The minimum Gasteiger partial charge on any atom is -0.442 e. The maximum atomic E-state index is 12.8. The fourth-order valence-corrected chi connectivity index (χ4v) is 3.05. The number of aromatic nitrogens is 2. The standard InChI is InChI=1S/C24H32N4O5/c1-16-8-10-17(11-9-16)20(29)32-27-13-12-19-18(15-27)14-25-21(26-19)28(33-24(5,6)7)22(30)31-23(2,3)4/h8-11,14H,12-13,15H2,1-7H3. The first-order valence-corrected chi connectivity index (χ1v) is 10.9. The van der Waals surface area contributed by atoms with Gasteiger partial charge in [-0.3, -0.25) is 4.84 Å². The molecule has 9 heteroatoms. The first kappa shape index (κ1) is 24.6. The number of carbonyl (C=O) groups is 2. The third-order valence-corrected chi connectivity index (χ3v) is 4.49. The molecule has 0 fully saturated rings. The van der Waals surface area contributed by atoms with Crippen molar-refractivity contribution < 1.29 is 24.0 Å². The van der Waals surface area contributed by atoms with Crippen LogP contribution in [0.5, 0.6) is 0 Å². The van der Waals surface area contributed by atoms with Crippen LogP contribution in [0.4, 0.5) is 10.7 Å². The van der Waals surface area contributed by atoms with E-state index in [9.17, 15) is 9.59 Å². The van der Waals surface area contributed by atoms with Crippen molar-refractivity contribution in [1.29, 1.82) is 0 Å². The van der Waals surface area contributed by atoms with E-state index in [-0.39, 0.29) is 5.95 Å². The Morgan fingerprint density at radius 2 is 1.70 bits per heavy atom. The Bertz CT molecular complexity index is 1010. The molecule has 1 aliphatic heterocycles. The zero-order valence-electron chi connectivity index (χ0n) is 20.3. The molecule has 0 unspecified atom stereocenters. The second kappa shape index (κ2) is 9.44. The summed E-state index contributed by atoms with van der Waals surface area (Å²) in [6, 6.07) is 7.22. The molecule has 1 amide bonds.